The summed E-state index contributed by atoms with van der Waals surface area (Å²) in [5.41, 5.74) is 2.04. The second kappa shape index (κ2) is 7.16. The molecule has 3 aromatic rings. The Balaban J connectivity index is 1.66. The Bertz CT molecular complexity index is 1040. The number of halogens is 1. The Morgan fingerprint density at radius 1 is 1.43 bits per heavy atom. The molecular formula is C19H19FN2O5S. The molecule has 1 fully saturated rings. The van der Waals surface area contributed by atoms with Crippen LogP contribution in [0.3, 0.4) is 0 Å². The third kappa shape index (κ3) is 3.15. The Hall–Kier alpha value is -2.49. The zero-order chi connectivity index (χ0) is 19.9. The fourth-order valence-corrected chi connectivity index (χ4v) is 3.79. The number of ether oxygens (including phenoxy) is 2. The first-order chi connectivity index (χ1) is 13.4. The maximum absolute atomic E-state index is 15.2. The van der Waals surface area contributed by atoms with E-state index in [9.17, 15) is 9.90 Å². The lowest BCUT2D eigenvalue weighted by Gasteiger charge is -2.40. The van der Waals surface area contributed by atoms with Crippen LogP contribution < -0.4 is 10.1 Å². The number of amides is 1. The van der Waals surface area contributed by atoms with Gasteiger partial charge in [-0.3, -0.25) is 4.79 Å². The highest BCUT2D eigenvalue weighted by Gasteiger charge is 2.40. The van der Waals surface area contributed by atoms with Gasteiger partial charge in [0.1, 0.15) is 23.5 Å². The SMILES string of the molecule is Cc1ncsc1COc1ccc2oc(C)c(C(=O)NC3(CO)COC3)c2c1F. The van der Waals surface area contributed by atoms with E-state index in [4.69, 9.17) is 13.9 Å². The third-order valence-electron chi connectivity index (χ3n) is 4.80. The van der Waals surface area contributed by atoms with Gasteiger partial charge in [-0.1, -0.05) is 0 Å². The summed E-state index contributed by atoms with van der Waals surface area (Å²) in [7, 11) is 0. The van der Waals surface area contributed by atoms with Crippen LogP contribution in [0.1, 0.15) is 26.7 Å². The van der Waals surface area contributed by atoms with E-state index in [1.54, 1.807) is 18.5 Å². The summed E-state index contributed by atoms with van der Waals surface area (Å²) in [6.45, 7) is 3.78. The van der Waals surface area contributed by atoms with Gasteiger partial charge in [0, 0.05) is 0 Å². The molecule has 1 saturated heterocycles. The Morgan fingerprint density at radius 3 is 2.82 bits per heavy atom. The van der Waals surface area contributed by atoms with Crippen molar-refractivity contribution < 1.29 is 28.2 Å². The standard InChI is InChI=1S/C19H19FN2O5S/c1-10-14(28-9-21-10)5-26-13-4-3-12-16(17(13)20)15(11(2)27-12)18(24)22-19(6-23)7-25-8-19/h3-4,9,23H,5-8H2,1-2H3,(H,22,24). The number of furan rings is 1. The molecule has 0 atom stereocenters. The summed E-state index contributed by atoms with van der Waals surface area (Å²) in [6, 6.07) is 3.05. The van der Waals surface area contributed by atoms with E-state index >= 15 is 4.39 Å². The first-order valence-electron chi connectivity index (χ1n) is 8.68. The van der Waals surface area contributed by atoms with Gasteiger partial charge in [-0.15, -0.1) is 11.3 Å². The van der Waals surface area contributed by atoms with Gasteiger partial charge in [0.05, 0.1) is 46.9 Å². The predicted octanol–water partition coefficient (Wildman–Crippen LogP) is 2.72. The van der Waals surface area contributed by atoms with Gasteiger partial charge in [-0.05, 0) is 26.0 Å². The van der Waals surface area contributed by atoms with Crippen LogP contribution in [0.2, 0.25) is 0 Å². The highest BCUT2D eigenvalue weighted by atomic mass is 32.1. The molecule has 1 amide bonds. The number of carbonyl (C=O) groups is 1. The lowest BCUT2D eigenvalue weighted by Crippen LogP contribution is -2.64. The van der Waals surface area contributed by atoms with Gasteiger partial charge in [0.2, 0.25) is 0 Å². The monoisotopic (exact) mass is 406 g/mol. The molecule has 0 aliphatic carbocycles. The van der Waals surface area contributed by atoms with E-state index in [2.05, 4.69) is 10.3 Å². The molecule has 0 bridgehead atoms. The Morgan fingerprint density at radius 2 is 2.21 bits per heavy atom. The second-order valence-electron chi connectivity index (χ2n) is 6.82. The maximum Gasteiger partial charge on any atom is 0.256 e. The summed E-state index contributed by atoms with van der Waals surface area (Å²) >= 11 is 1.43. The topological polar surface area (TPSA) is 93.8 Å². The molecule has 0 saturated carbocycles. The Labute approximate surface area is 164 Å². The number of nitrogens with one attached hydrogen (secondary N) is 1. The number of hydrogen-bond donors (Lipinski definition) is 2. The number of thiazole rings is 1. The van der Waals surface area contributed by atoms with Gasteiger partial charge < -0.3 is 24.3 Å². The molecule has 0 radical (unpaired) electrons. The van der Waals surface area contributed by atoms with Crippen LogP contribution in [0, 0.1) is 19.7 Å². The van der Waals surface area contributed by atoms with E-state index in [-0.39, 0.29) is 54.5 Å². The van der Waals surface area contributed by atoms with Crippen molar-refractivity contribution in [2.75, 3.05) is 19.8 Å². The number of aliphatic hydroxyl groups excluding tert-OH is 1. The van der Waals surface area contributed by atoms with Gasteiger partial charge in [0.25, 0.3) is 5.91 Å². The largest absolute Gasteiger partial charge is 0.485 e. The van der Waals surface area contributed by atoms with Crippen LogP contribution in [-0.2, 0) is 11.3 Å². The fourth-order valence-electron chi connectivity index (χ4n) is 3.10. The van der Waals surface area contributed by atoms with Crippen molar-refractivity contribution in [2.24, 2.45) is 0 Å². The lowest BCUT2D eigenvalue weighted by atomic mass is 9.97. The molecule has 4 rings (SSSR count). The molecule has 1 aliphatic heterocycles. The summed E-state index contributed by atoms with van der Waals surface area (Å²) < 4.78 is 31.5. The minimum atomic E-state index is -0.846. The first-order valence-corrected chi connectivity index (χ1v) is 9.56. The van der Waals surface area contributed by atoms with E-state index in [0.717, 1.165) is 10.6 Å². The number of nitrogens with zero attached hydrogens (tertiary/aromatic N) is 1. The first kappa shape index (κ1) is 18.9. The number of rotatable bonds is 6. The zero-order valence-electron chi connectivity index (χ0n) is 15.4. The minimum Gasteiger partial charge on any atom is -0.485 e. The maximum atomic E-state index is 15.2. The number of benzene rings is 1. The average Bonchev–Trinajstić information content (AvgIpc) is 3.20. The van der Waals surface area contributed by atoms with Gasteiger partial charge >= 0.3 is 0 Å². The van der Waals surface area contributed by atoms with E-state index < -0.39 is 17.3 Å². The molecular weight excluding hydrogens is 387 g/mol. The number of fused-ring (bicyclic) bond motifs is 1. The predicted molar refractivity (Wildman–Crippen MR) is 100 cm³/mol. The van der Waals surface area contributed by atoms with Crippen molar-refractivity contribution in [1.29, 1.82) is 0 Å². The van der Waals surface area contributed by atoms with Crippen LogP contribution in [0.15, 0.2) is 22.1 Å². The molecule has 7 nitrogen and oxygen atoms in total. The molecule has 0 spiro atoms. The number of hydrogen-bond acceptors (Lipinski definition) is 7. The minimum absolute atomic E-state index is 0.0269. The molecule has 3 heterocycles. The number of aliphatic hydroxyl groups is 1. The molecule has 9 heteroatoms. The quantitative estimate of drug-likeness (QED) is 0.654. The third-order valence-corrected chi connectivity index (χ3v) is 5.71. The highest BCUT2D eigenvalue weighted by Crippen LogP contribution is 2.34. The molecule has 0 unspecified atom stereocenters. The molecule has 1 aliphatic rings. The van der Waals surface area contributed by atoms with E-state index in [0.29, 0.717) is 0 Å². The zero-order valence-corrected chi connectivity index (χ0v) is 16.2. The summed E-state index contributed by atoms with van der Waals surface area (Å²) in [4.78, 5) is 17.9. The number of carbonyl (C=O) groups excluding carboxylic acids is 1. The van der Waals surface area contributed by atoms with Crippen LogP contribution in [0.5, 0.6) is 5.75 Å². The van der Waals surface area contributed by atoms with Crippen LogP contribution in [-0.4, -0.2) is 41.4 Å². The summed E-state index contributed by atoms with van der Waals surface area (Å²) in [6.07, 6.45) is 0. The van der Waals surface area contributed by atoms with Crippen LogP contribution >= 0.6 is 11.3 Å². The van der Waals surface area contributed by atoms with Crippen molar-refractivity contribution in [2.45, 2.75) is 26.0 Å². The highest BCUT2D eigenvalue weighted by molar-refractivity contribution is 7.09. The molecule has 148 valence electrons. The van der Waals surface area contributed by atoms with Crippen molar-refractivity contribution >= 4 is 28.2 Å². The smallest absolute Gasteiger partial charge is 0.256 e. The normalized spacial score (nSPS) is 15.4. The van der Waals surface area contributed by atoms with Crippen molar-refractivity contribution in [3.63, 3.8) is 0 Å². The fraction of sp³-hybridized carbons (Fsp3) is 0.368. The number of aromatic nitrogens is 1. The number of aryl methyl sites for hydroxylation is 2. The van der Waals surface area contributed by atoms with Gasteiger partial charge in [-0.25, -0.2) is 9.37 Å². The van der Waals surface area contributed by atoms with E-state index in [1.165, 1.54) is 17.4 Å². The van der Waals surface area contributed by atoms with Gasteiger partial charge in [-0.2, -0.15) is 0 Å². The van der Waals surface area contributed by atoms with Crippen molar-refractivity contribution in [3.8, 4) is 5.75 Å². The van der Waals surface area contributed by atoms with Gasteiger partial charge in [0.15, 0.2) is 11.6 Å². The molecule has 2 N–H and O–H groups in total. The molecule has 2 aromatic heterocycles. The van der Waals surface area contributed by atoms with E-state index in [1.807, 2.05) is 6.92 Å². The van der Waals surface area contributed by atoms with Crippen LogP contribution in [0.25, 0.3) is 11.0 Å². The van der Waals surface area contributed by atoms with Crippen molar-refractivity contribution in [3.05, 3.63) is 45.4 Å². The molecule has 1 aromatic carbocycles. The summed E-state index contributed by atoms with van der Waals surface area (Å²) in [5, 5.41) is 12.3. The second-order valence-corrected chi connectivity index (χ2v) is 7.76. The van der Waals surface area contributed by atoms with Crippen LogP contribution in [0.4, 0.5) is 4.39 Å². The Kier molecular flexibility index (Phi) is 4.82. The molecule has 28 heavy (non-hydrogen) atoms. The average molecular weight is 406 g/mol. The lowest BCUT2D eigenvalue weighted by molar-refractivity contribution is -0.0919. The summed E-state index contributed by atoms with van der Waals surface area (Å²) in [5.74, 6) is -0.873. The van der Waals surface area contributed by atoms with Crippen molar-refractivity contribution in [1.82, 2.24) is 10.3 Å².